The van der Waals surface area contributed by atoms with E-state index in [0.717, 1.165) is 27.8 Å². The van der Waals surface area contributed by atoms with Crippen LogP contribution < -0.4 is 5.73 Å². The molecule has 0 bridgehead atoms. The second-order valence-electron chi connectivity index (χ2n) is 4.81. The number of nitrogens with zero attached hydrogens (tertiary/aromatic N) is 1. The van der Waals surface area contributed by atoms with Gasteiger partial charge in [0.25, 0.3) is 0 Å². The number of nitrogens with one attached hydrogen (secondary N) is 2. The Kier molecular flexibility index (Phi) is 2.09. The Balaban J connectivity index is 1.94. The van der Waals surface area contributed by atoms with Crippen molar-refractivity contribution in [1.82, 2.24) is 4.98 Å². The molecule has 4 nitrogen and oxygen atoms in total. The molecule has 4 N–H and O–H groups in total. The topological polar surface area (TPSA) is 78.0 Å². The van der Waals surface area contributed by atoms with E-state index in [1.165, 1.54) is 0 Å². The van der Waals surface area contributed by atoms with Crippen LogP contribution >= 0.6 is 0 Å². The molecule has 0 fully saturated rings. The predicted octanol–water partition coefficient (Wildman–Crippen LogP) is 3.25. The van der Waals surface area contributed by atoms with Gasteiger partial charge >= 0.3 is 0 Å². The minimum absolute atomic E-state index is 0.416. The number of nitrogen functional groups attached to an aromatic ring is 1. The predicted molar refractivity (Wildman–Crippen MR) is 82.2 cm³/mol. The molecule has 1 aromatic heterocycles. The third kappa shape index (κ3) is 1.36. The lowest BCUT2D eigenvalue weighted by molar-refractivity contribution is 1.42. The van der Waals surface area contributed by atoms with Crippen LogP contribution in [0.4, 0.5) is 11.4 Å². The van der Waals surface area contributed by atoms with Crippen LogP contribution in [-0.4, -0.2) is 16.4 Å². The molecule has 20 heavy (non-hydrogen) atoms. The van der Waals surface area contributed by atoms with E-state index in [9.17, 15) is 0 Å². The molecule has 2 heterocycles. The standard InChI is InChI=1S/C16H12N4/c17-13-9-5-1-3-7-11(9)19-15(13)16-14(18)10-6-2-4-8-12(10)20-16/h1-8,17,20H,18H2. The molecule has 1 aliphatic heterocycles. The van der Waals surface area contributed by atoms with Crippen molar-refractivity contribution < 1.29 is 0 Å². The highest BCUT2D eigenvalue weighted by atomic mass is 14.9. The fourth-order valence-electron chi connectivity index (χ4n) is 2.62. The van der Waals surface area contributed by atoms with E-state index in [0.29, 0.717) is 17.1 Å². The van der Waals surface area contributed by atoms with Crippen molar-refractivity contribution in [3.63, 3.8) is 0 Å². The number of fused-ring (bicyclic) bond motifs is 2. The Hall–Kier alpha value is -2.88. The maximum absolute atomic E-state index is 8.29. The lowest BCUT2D eigenvalue weighted by Crippen LogP contribution is -2.13. The number of benzene rings is 2. The summed E-state index contributed by atoms with van der Waals surface area (Å²) in [4.78, 5) is 7.81. The summed E-state index contributed by atoms with van der Waals surface area (Å²) in [6, 6.07) is 15.5. The van der Waals surface area contributed by atoms with E-state index < -0.39 is 0 Å². The van der Waals surface area contributed by atoms with E-state index in [2.05, 4.69) is 9.98 Å². The molecule has 0 unspecified atom stereocenters. The largest absolute Gasteiger partial charge is 0.396 e. The zero-order chi connectivity index (χ0) is 13.7. The van der Waals surface area contributed by atoms with Crippen molar-refractivity contribution >= 4 is 33.7 Å². The van der Waals surface area contributed by atoms with Gasteiger partial charge in [-0.15, -0.1) is 0 Å². The number of nitrogens with two attached hydrogens (primary N) is 1. The highest BCUT2D eigenvalue weighted by molar-refractivity contribution is 6.56. The van der Waals surface area contributed by atoms with Crippen molar-refractivity contribution in [2.75, 3.05) is 5.73 Å². The van der Waals surface area contributed by atoms with Crippen molar-refractivity contribution in [1.29, 1.82) is 5.41 Å². The van der Waals surface area contributed by atoms with Gasteiger partial charge < -0.3 is 10.7 Å². The van der Waals surface area contributed by atoms with Gasteiger partial charge in [0.15, 0.2) is 0 Å². The summed E-state index contributed by atoms with van der Waals surface area (Å²) in [6.45, 7) is 0. The number of aromatic nitrogens is 1. The number of aromatic amines is 1. The maximum Gasteiger partial charge on any atom is 0.115 e. The molecule has 0 atom stereocenters. The molecule has 0 saturated carbocycles. The molecule has 2 aromatic carbocycles. The molecule has 4 rings (SSSR count). The molecular formula is C16H12N4. The van der Waals surface area contributed by atoms with Gasteiger partial charge in [0.1, 0.15) is 5.71 Å². The number of aliphatic imine (C=N–C) groups is 1. The summed E-state index contributed by atoms with van der Waals surface area (Å²) in [7, 11) is 0. The highest BCUT2D eigenvalue weighted by Gasteiger charge is 2.25. The second-order valence-corrected chi connectivity index (χ2v) is 4.81. The Morgan fingerprint density at radius 3 is 2.55 bits per heavy atom. The Morgan fingerprint density at radius 1 is 1.00 bits per heavy atom. The Morgan fingerprint density at radius 2 is 1.75 bits per heavy atom. The molecular weight excluding hydrogens is 248 g/mol. The average molecular weight is 260 g/mol. The summed E-state index contributed by atoms with van der Waals surface area (Å²) in [5.74, 6) is 0. The van der Waals surface area contributed by atoms with Crippen LogP contribution in [0.5, 0.6) is 0 Å². The van der Waals surface area contributed by atoms with Crippen molar-refractivity contribution in [2.45, 2.75) is 0 Å². The first kappa shape index (κ1) is 11.0. The minimum atomic E-state index is 0.416. The van der Waals surface area contributed by atoms with E-state index in [1.54, 1.807) is 0 Å². The second kappa shape index (κ2) is 3.81. The monoisotopic (exact) mass is 260 g/mol. The lowest BCUT2D eigenvalue weighted by atomic mass is 10.1. The lowest BCUT2D eigenvalue weighted by Gasteiger charge is -2.00. The summed E-state index contributed by atoms with van der Waals surface area (Å²) in [6.07, 6.45) is 0. The molecule has 3 aromatic rings. The van der Waals surface area contributed by atoms with Gasteiger partial charge in [0.2, 0.25) is 0 Å². The van der Waals surface area contributed by atoms with E-state index in [1.807, 2.05) is 48.5 Å². The van der Waals surface area contributed by atoms with Crippen LogP contribution in [0, 0.1) is 5.41 Å². The van der Waals surface area contributed by atoms with Gasteiger partial charge in [-0.1, -0.05) is 36.4 Å². The van der Waals surface area contributed by atoms with Gasteiger partial charge in [-0.25, -0.2) is 4.99 Å². The van der Waals surface area contributed by atoms with Gasteiger partial charge in [-0.05, 0) is 12.1 Å². The smallest absolute Gasteiger partial charge is 0.115 e. The summed E-state index contributed by atoms with van der Waals surface area (Å²) < 4.78 is 0. The van der Waals surface area contributed by atoms with Crippen LogP contribution in [-0.2, 0) is 0 Å². The van der Waals surface area contributed by atoms with Gasteiger partial charge in [0.05, 0.1) is 22.8 Å². The Labute approximate surface area is 115 Å². The SMILES string of the molecule is N=C1C(c2[nH]c3ccccc3c2N)=Nc2ccccc21. The normalized spacial score (nSPS) is 13.6. The maximum atomic E-state index is 8.29. The van der Waals surface area contributed by atoms with Crippen LogP contribution in [0.1, 0.15) is 11.3 Å². The molecule has 1 aliphatic rings. The minimum Gasteiger partial charge on any atom is -0.396 e. The van der Waals surface area contributed by atoms with Gasteiger partial charge in [-0.3, -0.25) is 5.41 Å². The van der Waals surface area contributed by atoms with Gasteiger partial charge in [-0.2, -0.15) is 0 Å². The van der Waals surface area contributed by atoms with E-state index in [-0.39, 0.29) is 0 Å². The molecule has 4 heteroatoms. The van der Waals surface area contributed by atoms with E-state index in [4.69, 9.17) is 11.1 Å². The number of H-pyrrole nitrogens is 1. The molecule has 96 valence electrons. The number of hydrogen-bond acceptors (Lipinski definition) is 3. The number of para-hydroxylation sites is 2. The summed E-state index contributed by atoms with van der Waals surface area (Å²) in [5.41, 5.74) is 11.2. The highest BCUT2D eigenvalue weighted by Crippen LogP contribution is 2.32. The molecule has 0 aliphatic carbocycles. The van der Waals surface area contributed by atoms with Gasteiger partial charge in [0, 0.05) is 16.5 Å². The molecule has 0 spiro atoms. The fraction of sp³-hybridized carbons (Fsp3) is 0. The van der Waals surface area contributed by atoms with Crippen molar-refractivity contribution in [2.24, 2.45) is 4.99 Å². The number of hydrogen-bond donors (Lipinski definition) is 3. The Bertz CT molecular complexity index is 886. The number of rotatable bonds is 1. The first-order valence-corrected chi connectivity index (χ1v) is 6.39. The zero-order valence-electron chi connectivity index (χ0n) is 10.6. The fourth-order valence-corrected chi connectivity index (χ4v) is 2.62. The summed E-state index contributed by atoms with van der Waals surface area (Å²) >= 11 is 0. The first-order chi connectivity index (χ1) is 9.75. The van der Waals surface area contributed by atoms with Crippen molar-refractivity contribution in [3.05, 3.63) is 59.8 Å². The first-order valence-electron chi connectivity index (χ1n) is 6.39. The quantitative estimate of drug-likeness (QED) is 0.617. The van der Waals surface area contributed by atoms with Crippen LogP contribution in [0.15, 0.2) is 53.5 Å². The van der Waals surface area contributed by atoms with Crippen molar-refractivity contribution in [3.8, 4) is 0 Å². The van der Waals surface area contributed by atoms with Crippen LogP contribution in [0.2, 0.25) is 0 Å². The van der Waals surface area contributed by atoms with E-state index >= 15 is 0 Å². The molecule has 0 saturated heterocycles. The zero-order valence-corrected chi connectivity index (χ0v) is 10.6. The summed E-state index contributed by atoms with van der Waals surface area (Å²) in [5, 5.41) is 9.26. The third-order valence-corrected chi connectivity index (χ3v) is 3.63. The number of anilines is 1. The molecule has 0 amide bonds. The molecule has 0 radical (unpaired) electrons. The third-order valence-electron chi connectivity index (χ3n) is 3.63. The average Bonchev–Trinajstić information content (AvgIpc) is 2.98. The van der Waals surface area contributed by atoms with Crippen LogP contribution in [0.3, 0.4) is 0 Å². The van der Waals surface area contributed by atoms with Crippen LogP contribution in [0.25, 0.3) is 10.9 Å².